The van der Waals surface area contributed by atoms with Crippen LogP contribution in [-0.4, -0.2) is 44.7 Å². The lowest BCUT2D eigenvalue weighted by Gasteiger charge is -2.16. The molecule has 1 aliphatic heterocycles. The summed E-state index contributed by atoms with van der Waals surface area (Å²) in [4.78, 5) is 14.0. The monoisotopic (exact) mass is 368 g/mol. The molecule has 0 saturated carbocycles. The van der Waals surface area contributed by atoms with Gasteiger partial charge in [-0.25, -0.2) is 13.6 Å². The fourth-order valence-corrected chi connectivity index (χ4v) is 4.24. The lowest BCUT2D eigenvalue weighted by Crippen LogP contribution is -2.30. The largest absolute Gasteiger partial charge is 0.494 e. The predicted octanol–water partition coefficient (Wildman–Crippen LogP) is 1.85. The van der Waals surface area contributed by atoms with Crippen molar-refractivity contribution in [2.75, 3.05) is 25.4 Å². The number of hydrogen-bond donors (Lipinski definition) is 1. The normalized spacial score (nSPS) is 17.7. The Labute approximate surface area is 150 Å². The minimum absolute atomic E-state index is 0.0345. The second kappa shape index (κ2) is 8.67. The maximum Gasteiger partial charge on any atom is 0.222 e. The van der Waals surface area contributed by atoms with E-state index in [4.69, 9.17) is 9.88 Å². The highest BCUT2D eigenvalue weighted by Gasteiger charge is 2.28. The van der Waals surface area contributed by atoms with Gasteiger partial charge in [-0.2, -0.15) is 0 Å². The van der Waals surface area contributed by atoms with Gasteiger partial charge in [-0.3, -0.25) is 4.79 Å². The van der Waals surface area contributed by atoms with Gasteiger partial charge in [0.25, 0.3) is 0 Å². The summed E-state index contributed by atoms with van der Waals surface area (Å²) in [6, 6.07) is 6.13. The summed E-state index contributed by atoms with van der Waals surface area (Å²) in [6.07, 6.45) is 2.81. The van der Waals surface area contributed by atoms with Crippen LogP contribution in [0, 0.1) is 12.8 Å². The van der Waals surface area contributed by atoms with Crippen LogP contribution in [0.4, 0.5) is 0 Å². The van der Waals surface area contributed by atoms with E-state index < -0.39 is 10.0 Å². The van der Waals surface area contributed by atoms with Crippen molar-refractivity contribution in [2.24, 2.45) is 11.1 Å². The number of ether oxygens (including phenoxy) is 1. The number of carbonyl (C=O) groups is 1. The van der Waals surface area contributed by atoms with E-state index in [0.717, 1.165) is 24.2 Å². The van der Waals surface area contributed by atoms with Crippen LogP contribution in [0.5, 0.6) is 5.75 Å². The third-order valence-corrected chi connectivity index (χ3v) is 5.44. The molecule has 140 valence electrons. The molecule has 2 rings (SSSR count). The molecule has 2 N–H and O–H groups in total. The summed E-state index contributed by atoms with van der Waals surface area (Å²) in [5, 5.41) is 5.08. The number of rotatable bonds is 8. The Hall–Kier alpha value is -1.60. The smallest absolute Gasteiger partial charge is 0.222 e. The Balaban J connectivity index is 1.76. The van der Waals surface area contributed by atoms with Crippen molar-refractivity contribution in [2.45, 2.75) is 39.5 Å². The predicted molar refractivity (Wildman–Crippen MR) is 97.9 cm³/mol. The van der Waals surface area contributed by atoms with E-state index in [1.54, 1.807) is 4.90 Å². The number of aryl methyl sites for hydroxylation is 2. The van der Waals surface area contributed by atoms with Crippen molar-refractivity contribution >= 4 is 15.9 Å². The molecule has 0 aromatic heterocycles. The highest BCUT2D eigenvalue weighted by molar-refractivity contribution is 7.89. The molecule has 1 unspecified atom stereocenters. The van der Waals surface area contributed by atoms with Gasteiger partial charge in [-0.15, -0.1) is 0 Å². The molecule has 1 heterocycles. The highest BCUT2D eigenvalue weighted by Crippen LogP contribution is 2.21. The number of likely N-dealkylation sites (tertiary alicyclic amines) is 1. The third kappa shape index (κ3) is 6.32. The molecule has 0 aliphatic carbocycles. The van der Waals surface area contributed by atoms with E-state index >= 15 is 0 Å². The van der Waals surface area contributed by atoms with Crippen molar-refractivity contribution in [3.63, 3.8) is 0 Å². The summed E-state index contributed by atoms with van der Waals surface area (Å²) in [7, 11) is -3.47. The minimum atomic E-state index is -3.47. The molecule has 0 radical (unpaired) electrons. The maximum absolute atomic E-state index is 12.3. The number of amides is 1. The Morgan fingerprint density at radius 1 is 1.40 bits per heavy atom. The molecule has 1 aromatic rings. The van der Waals surface area contributed by atoms with Gasteiger partial charge in [0, 0.05) is 19.5 Å². The van der Waals surface area contributed by atoms with Crippen LogP contribution in [-0.2, 0) is 21.2 Å². The van der Waals surface area contributed by atoms with E-state index in [0.29, 0.717) is 32.5 Å². The first-order valence-corrected chi connectivity index (χ1v) is 10.5. The minimum Gasteiger partial charge on any atom is -0.494 e. The van der Waals surface area contributed by atoms with Crippen LogP contribution < -0.4 is 9.88 Å². The maximum atomic E-state index is 12.3. The van der Waals surface area contributed by atoms with Gasteiger partial charge >= 0.3 is 0 Å². The second-order valence-corrected chi connectivity index (χ2v) is 8.37. The summed E-state index contributed by atoms with van der Waals surface area (Å²) in [5.41, 5.74) is 2.30. The van der Waals surface area contributed by atoms with Gasteiger partial charge in [0.1, 0.15) is 5.75 Å². The van der Waals surface area contributed by atoms with Gasteiger partial charge in [0.2, 0.25) is 15.9 Å². The molecule has 0 bridgehead atoms. The second-order valence-electron chi connectivity index (χ2n) is 6.71. The number of sulfonamides is 1. The first-order chi connectivity index (χ1) is 11.8. The molecule has 25 heavy (non-hydrogen) atoms. The molecule has 1 fully saturated rings. The average molecular weight is 368 g/mol. The molecule has 1 atom stereocenters. The van der Waals surface area contributed by atoms with E-state index in [1.807, 2.05) is 26.0 Å². The standard InChI is InChI=1S/C18H28N2O4S/c1-3-24-17-8-7-15(11-14(17)2)5-4-6-18(21)20-10-9-16(12-20)13-25(19,22)23/h7-8,11,16H,3-6,9-10,12-13H2,1-2H3,(H2,19,22,23). The molecule has 1 amide bonds. The summed E-state index contributed by atoms with van der Waals surface area (Å²) in [6.45, 7) is 5.76. The third-order valence-electron chi connectivity index (χ3n) is 4.50. The van der Waals surface area contributed by atoms with Crippen LogP contribution >= 0.6 is 0 Å². The fraction of sp³-hybridized carbons (Fsp3) is 0.611. The van der Waals surface area contributed by atoms with Crippen molar-refractivity contribution in [1.82, 2.24) is 4.90 Å². The zero-order valence-electron chi connectivity index (χ0n) is 15.0. The van der Waals surface area contributed by atoms with Crippen molar-refractivity contribution in [3.05, 3.63) is 29.3 Å². The van der Waals surface area contributed by atoms with Crippen molar-refractivity contribution in [3.8, 4) is 5.75 Å². The van der Waals surface area contributed by atoms with Gasteiger partial charge in [-0.05, 0) is 56.2 Å². The Morgan fingerprint density at radius 2 is 2.16 bits per heavy atom. The van der Waals surface area contributed by atoms with Crippen molar-refractivity contribution in [1.29, 1.82) is 0 Å². The zero-order chi connectivity index (χ0) is 18.4. The van der Waals surface area contributed by atoms with Gasteiger partial charge < -0.3 is 9.64 Å². The number of hydrogen-bond acceptors (Lipinski definition) is 4. The fourth-order valence-electron chi connectivity index (χ4n) is 3.31. The topological polar surface area (TPSA) is 89.7 Å². The molecule has 1 aromatic carbocycles. The summed E-state index contributed by atoms with van der Waals surface area (Å²) < 4.78 is 27.8. The van der Waals surface area contributed by atoms with E-state index in [1.165, 1.54) is 5.56 Å². The van der Waals surface area contributed by atoms with Gasteiger partial charge in [0.05, 0.1) is 12.4 Å². The Bertz CT molecular complexity index is 703. The molecule has 1 saturated heterocycles. The SMILES string of the molecule is CCOc1ccc(CCCC(=O)N2CCC(CS(N)(=O)=O)C2)cc1C. The van der Waals surface area contributed by atoms with E-state index in [-0.39, 0.29) is 17.6 Å². The number of benzene rings is 1. The average Bonchev–Trinajstić information content (AvgIpc) is 2.96. The van der Waals surface area contributed by atoms with Crippen LogP contribution in [0.3, 0.4) is 0 Å². The van der Waals surface area contributed by atoms with Crippen LogP contribution in [0.2, 0.25) is 0 Å². The lowest BCUT2D eigenvalue weighted by molar-refractivity contribution is -0.130. The first-order valence-electron chi connectivity index (χ1n) is 8.79. The Morgan fingerprint density at radius 3 is 2.80 bits per heavy atom. The number of carbonyl (C=O) groups excluding carboxylic acids is 1. The molecular formula is C18H28N2O4S. The van der Waals surface area contributed by atoms with Crippen LogP contribution in [0.15, 0.2) is 18.2 Å². The molecule has 0 spiro atoms. The molecule has 7 heteroatoms. The van der Waals surface area contributed by atoms with Crippen LogP contribution in [0.25, 0.3) is 0 Å². The zero-order valence-corrected chi connectivity index (χ0v) is 15.8. The summed E-state index contributed by atoms with van der Waals surface area (Å²) >= 11 is 0. The van der Waals surface area contributed by atoms with Crippen LogP contribution in [0.1, 0.15) is 37.3 Å². The number of nitrogens with zero attached hydrogens (tertiary/aromatic N) is 1. The lowest BCUT2D eigenvalue weighted by atomic mass is 10.0. The van der Waals surface area contributed by atoms with Gasteiger partial charge in [0.15, 0.2) is 0 Å². The van der Waals surface area contributed by atoms with E-state index in [9.17, 15) is 13.2 Å². The quantitative estimate of drug-likeness (QED) is 0.758. The highest BCUT2D eigenvalue weighted by atomic mass is 32.2. The molecular weight excluding hydrogens is 340 g/mol. The van der Waals surface area contributed by atoms with Gasteiger partial charge in [-0.1, -0.05) is 12.1 Å². The molecule has 6 nitrogen and oxygen atoms in total. The number of nitrogens with two attached hydrogens (primary N) is 1. The van der Waals surface area contributed by atoms with Crippen molar-refractivity contribution < 1.29 is 17.9 Å². The number of primary sulfonamides is 1. The first kappa shape index (κ1) is 19.7. The molecule has 1 aliphatic rings. The van der Waals surface area contributed by atoms with E-state index in [2.05, 4.69) is 6.07 Å². The Kier molecular flexibility index (Phi) is 6.84. The summed E-state index contributed by atoms with van der Waals surface area (Å²) in [5.74, 6) is 0.926.